The van der Waals surface area contributed by atoms with Crippen LogP contribution >= 0.6 is 79.6 Å². The second-order valence-corrected chi connectivity index (χ2v) is 44.7. The number of likely N-dealkylation sites (tertiary alicyclic amines) is 5. The van der Waals surface area contributed by atoms with Crippen molar-refractivity contribution < 1.29 is 113 Å². The molecule has 47 heteroatoms. The number of ether oxygens (including phenoxy) is 5. The maximum atomic E-state index is 12.9. The number of aromatic amines is 2. The normalized spacial score (nSPS) is 17.8. The van der Waals surface area contributed by atoms with Gasteiger partial charge in [-0.2, -0.15) is 4.39 Å². The maximum Gasteiger partial charge on any atom is 0.411 e. The molecule has 13 heterocycles. The molecule has 14 N–H and O–H groups in total. The lowest BCUT2D eigenvalue weighted by Gasteiger charge is -2.28. The zero-order valence-corrected chi connectivity index (χ0v) is 91.2. The van der Waals surface area contributed by atoms with Gasteiger partial charge in [0.1, 0.15) is 114 Å². The van der Waals surface area contributed by atoms with Crippen molar-refractivity contribution >= 4 is 246 Å². The van der Waals surface area contributed by atoms with Crippen molar-refractivity contribution in [3.05, 3.63) is 163 Å². The first-order valence-electron chi connectivity index (χ1n) is 47.1. The number of furan rings is 5. The van der Waals surface area contributed by atoms with E-state index in [0.717, 1.165) is 70.3 Å². The minimum Gasteiger partial charge on any atom is -0.480 e. The van der Waals surface area contributed by atoms with Crippen LogP contribution < -0.4 is 50.0 Å². The van der Waals surface area contributed by atoms with Crippen molar-refractivity contribution in [1.82, 2.24) is 49.8 Å². The Morgan fingerprint density at radius 1 is 0.395 bits per heavy atom. The van der Waals surface area contributed by atoms with Gasteiger partial charge in [0.15, 0.2) is 0 Å². The molecule has 0 spiro atoms. The summed E-state index contributed by atoms with van der Waals surface area (Å²) in [4.78, 5) is 189. The van der Waals surface area contributed by atoms with Gasteiger partial charge in [0, 0.05) is 82.0 Å². The van der Waals surface area contributed by atoms with E-state index >= 15 is 0 Å². The molecule has 6 atom stereocenters. The lowest BCUT2D eigenvalue weighted by molar-refractivity contribution is -0.142. The number of rotatable bonds is 11. The number of carbonyl (C=O) groups excluding carboxylic acids is 11. The SMILES string of the molecule is CC(C)(C)OC(=O)N1CCCC1C(=O)F.CC(C)(C)OC(=O)N1CCCC1C(=O)Nc1c(C(N)=O)oc2ccc(Br)cc12.CC(C)(C)OC(=O)N1CCCC1C(=O)Nc1c(C(N)=O)oc2ccc(Br)cc12.CC(C)(C)OC(=O)N1CCCC1C(=O)O.CC(C)(C)OC(=O)N1CCCC1c1nc2c(oc3ccc(Br)cc32)c(=O)[nH]1.NC(=O)c1oc2ccc(Br)cc2c1N.O=c1[nH]c(C2CCCN2)nc2c1oc1ccc(Br)cc12. The highest BCUT2D eigenvalue weighted by atomic mass is 79.9. The summed E-state index contributed by atoms with van der Waals surface area (Å²) in [5, 5.41) is 21.1. The minimum atomic E-state index is -1.46. The molecule has 0 bridgehead atoms. The summed E-state index contributed by atoms with van der Waals surface area (Å²) in [5.41, 5.74) is 22.9. The molecule has 12 aromatic rings. The molecule has 6 fully saturated rings. The standard InChI is InChI=1S/2C19H22BrN3O5.C19H20BrN3O4.C14H12BrN3O2.C10H16FNO3.C10H17NO4.C9H7BrN2O2/c2*1-19(2,3)28-18(26)23-8-4-5-12(23)17(25)22-14-11-9-10(20)6-7-13(11)27-15(14)16(21)24;1-19(2,3)27-18(25)23-8-4-5-12(23)16-21-14-11-9-10(20)6-7-13(11)26-15(14)17(24)22-16;15-7-3-4-10-8(6-7)11-12(20-10)14(19)18-13(17-11)9-2-1-5-16-9;1-10(2,3)15-9(14)12-6-4-5-7(12)8(11)13;1-10(2,3)15-9(14)11-6-4-5-7(11)8(12)13;10-4-1-2-6-5(3-4)7(11)8(14-6)9(12)13/h2*6-7,9,12H,4-5,8H2,1-3H3,(H2,21,24)(H,22,25);6-7,9,12H,4-5,8H2,1-3H3,(H,21,22,24);3-4,6,9,16H,1-2,5H2,(H,17,18,19);7H,4-6H2,1-3H3;7H,4-6H2,1-3H3,(H,12,13);1-3H,11H2,(H2,12,13). The number of nitrogens with zero attached hydrogens (tertiary/aromatic N) is 7. The number of hydrogen-bond donors (Lipinski definition) is 10. The summed E-state index contributed by atoms with van der Waals surface area (Å²) >= 11 is 16.9. The topological polar surface area (TPSA) is 585 Å². The number of aromatic nitrogens is 4. The highest BCUT2D eigenvalue weighted by Gasteiger charge is 2.43. The van der Waals surface area contributed by atoms with Crippen molar-refractivity contribution in [3.63, 3.8) is 0 Å². The highest BCUT2D eigenvalue weighted by molar-refractivity contribution is 9.11. The zero-order valence-electron chi connectivity index (χ0n) is 83.3. The van der Waals surface area contributed by atoms with Gasteiger partial charge in [0.05, 0.1) is 17.8 Å². The van der Waals surface area contributed by atoms with Gasteiger partial charge in [-0.1, -0.05) is 79.6 Å². The van der Waals surface area contributed by atoms with E-state index in [2.05, 4.69) is 116 Å². The molecule has 6 aliphatic heterocycles. The minimum absolute atomic E-state index is 0.0121. The van der Waals surface area contributed by atoms with Gasteiger partial charge in [-0.25, -0.2) is 38.7 Å². The Labute approximate surface area is 883 Å². The fourth-order valence-electron chi connectivity index (χ4n) is 16.8. The molecule has 6 aliphatic rings. The van der Waals surface area contributed by atoms with E-state index in [9.17, 15) is 71.5 Å². The number of nitrogens with two attached hydrogens (primary N) is 4. The first-order valence-corrected chi connectivity index (χ1v) is 51.1. The van der Waals surface area contributed by atoms with Crippen LogP contribution in [0.2, 0.25) is 0 Å². The lowest BCUT2D eigenvalue weighted by atomic mass is 10.1. The van der Waals surface area contributed by atoms with Gasteiger partial charge >= 0.3 is 42.5 Å². The number of carboxylic acids is 1. The molecular formula is C100H116Br5FN16O25. The Kier molecular flexibility index (Phi) is 35.7. The molecule has 5 aromatic carbocycles. The van der Waals surface area contributed by atoms with Crippen LogP contribution in [0.15, 0.2) is 145 Å². The van der Waals surface area contributed by atoms with Crippen LogP contribution in [0, 0.1) is 0 Å². The van der Waals surface area contributed by atoms with E-state index in [-0.39, 0.29) is 63.1 Å². The highest BCUT2D eigenvalue weighted by Crippen LogP contribution is 2.41. The summed E-state index contributed by atoms with van der Waals surface area (Å²) in [7, 11) is 0. The Morgan fingerprint density at radius 2 is 0.694 bits per heavy atom. The fourth-order valence-corrected chi connectivity index (χ4v) is 18.6. The molecule has 6 saturated heterocycles. The van der Waals surface area contributed by atoms with Crippen LogP contribution in [0.5, 0.6) is 0 Å². The van der Waals surface area contributed by atoms with Crippen LogP contribution in [-0.4, -0.2) is 213 Å². The number of H-pyrrole nitrogens is 2. The van der Waals surface area contributed by atoms with Gasteiger partial charge < -0.3 is 99.7 Å². The molecule has 788 valence electrons. The monoisotopic (exact) mass is 2350 g/mol. The Morgan fingerprint density at radius 3 is 1.05 bits per heavy atom. The van der Waals surface area contributed by atoms with E-state index in [1.807, 2.05) is 51.1 Å². The molecular weight excluding hydrogens is 2240 g/mol. The molecule has 6 unspecified atom stereocenters. The number of aliphatic carboxylic acids is 1. The molecule has 0 aliphatic carbocycles. The summed E-state index contributed by atoms with van der Waals surface area (Å²) in [6.07, 6.45) is 5.60. The Bertz CT molecular complexity index is 6960. The van der Waals surface area contributed by atoms with Crippen molar-refractivity contribution in [2.75, 3.05) is 55.6 Å². The largest absolute Gasteiger partial charge is 0.480 e. The second kappa shape index (κ2) is 46.6. The third kappa shape index (κ3) is 28.7. The number of nitrogen functional groups attached to an aromatic ring is 1. The number of anilines is 3. The van der Waals surface area contributed by atoms with Crippen LogP contribution in [0.1, 0.15) is 236 Å². The number of amides is 10. The first-order chi connectivity index (χ1) is 68.8. The van der Waals surface area contributed by atoms with Crippen molar-refractivity contribution in [3.8, 4) is 0 Å². The van der Waals surface area contributed by atoms with Crippen LogP contribution in [0.25, 0.3) is 77.0 Å². The number of carbonyl (C=O) groups is 12. The smallest absolute Gasteiger partial charge is 0.411 e. The van der Waals surface area contributed by atoms with Gasteiger partial charge in [0.25, 0.3) is 28.8 Å². The maximum absolute atomic E-state index is 12.9. The average Bonchev–Trinajstić information content (AvgIpc) is 1.61. The van der Waals surface area contributed by atoms with Crippen molar-refractivity contribution in [1.29, 1.82) is 0 Å². The van der Waals surface area contributed by atoms with Crippen LogP contribution in [0.3, 0.4) is 0 Å². The number of nitrogens with one attached hydrogen (secondary N) is 5. The van der Waals surface area contributed by atoms with E-state index in [1.165, 1.54) is 14.7 Å². The molecule has 41 nitrogen and oxygen atoms in total. The van der Waals surface area contributed by atoms with E-state index in [1.54, 1.807) is 149 Å². The zero-order chi connectivity index (χ0) is 108. The molecule has 10 amide bonds. The lowest BCUT2D eigenvalue weighted by Crippen LogP contribution is -2.45. The third-order valence-corrected chi connectivity index (χ3v) is 25.5. The molecule has 0 radical (unpaired) electrons. The summed E-state index contributed by atoms with van der Waals surface area (Å²) in [6.45, 7) is 29.8. The van der Waals surface area contributed by atoms with Gasteiger partial charge in [-0.3, -0.25) is 62.9 Å². The average molecular weight is 2360 g/mol. The van der Waals surface area contributed by atoms with Crippen molar-refractivity contribution in [2.45, 2.75) is 245 Å². The first kappa shape index (κ1) is 113. The molecule has 0 saturated carbocycles. The predicted octanol–water partition coefficient (Wildman–Crippen LogP) is 19.9. The van der Waals surface area contributed by atoms with Crippen LogP contribution in [0.4, 0.5) is 45.4 Å². The number of hydrogen-bond acceptors (Lipinski definition) is 28. The predicted molar refractivity (Wildman–Crippen MR) is 561 cm³/mol. The van der Waals surface area contributed by atoms with Gasteiger partial charge in [0.2, 0.25) is 40.3 Å². The molecule has 7 aromatic heterocycles. The number of fused-ring (bicyclic) bond motifs is 9. The molecule has 147 heavy (non-hydrogen) atoms. The summed E-state index contributed by atoms with van der Waals surface area (Å²) in [6, 6.07) is 22.0. The number of primary amides is 3. The Balaban J connectivity index is 0.000000155. The number of carboxylic acid groups (broad SMARTS) is 1. The van der Waals surface area contributed by atoms with Gasteiger partial charge in [-0.15, -0.1) is 0 Å². The quantitative estimate of drug-likeness (QED) is 0.0425. The number of halogens is 6. The van der Waals surface area contributed by atoms with Crippen LogP contribution in [-0.2, 0) is 42.9 Å². The van der Waals surface area contributed by atoms with Crippen molar-refractivity contribution in [2.24, 2.45) is 17.2 Å². The number of benzene rings is 5. The van der Waals surface area contributed by atoms with E-state index < -0.39 is 124 Å². The molecule has 18 rings (SSSR count). The summed E-state index contributed by atoms with van der Waals surface area (Å²) in [5.74, 6) is -3.16. The third-order valence-electron chi connectivity index (χ3n) is 23.0. The summed E-state index contributed by atoms with van der Waals surface area (Å²) < 4.78 is 70.7. The fraction of sp³-hybridized carbons (Fsp3) is 0.440. The second-order valence-electron chi connectivity index (χ2n) is 40.1. The van der Waals surface area contributed by atoms with Gasteiger partial charge in [-0.05, 0) is 278 Å². The van der Waals surface area contributed by atoms with E-state index in [4.69, 9.17) is 73.8 Å². The van der Waals surface area contributed by atoms with E-state index in [0.29, 0.717) is 156 Å². The Hall–Kier alpha value is -13.0.